The number of benzene rings is 1. The first-order chi connectivity index (χ1) is 8.15. The first kappa shape index (κ1) is 14.0. The van der Waals surface area contributed by atoms with Gasteiger partial charge in [0, 0.05) is 18.0 Å². The molecular formula is C13H19ClN2O. The third-order valence-electron chi connectivity index (χ3n) is 2.53. The molecule has 0 saturated carbocycles. The Kier molecular flexibility index (Phi) is 6.01. The Hall–Kier alpha value is -1.06. The van der Waals surface area contributed by atoms with Crippen molar-refractivity contribution >= 4 is 17.5 Å². The zero-order valence-corrected chi connectivity index (χ0v) is 11.1. The lowest BCUT2D eigenvalue weighted by atomic mass is 10.1. The topological polar surface area (TPSA) is 41.1 Å². The van der Waals surface area contributed by atoms with Crippen molar-refractivity contribution in [3.05, 3.63) is 34.9 Å². The summed E-state index contributed by atoms with van der Waals surface area (Å²) < 4.78 is 0. The lowest BCUT2D eigenvalue weighted by molar-refractivity contribution is -0.121. The molecule has 4 heteroatoms. The molecule has 0 aliphatic rings. The van der Waals surface area contributed by atoms with Gasteiger partial charge in [0.2, 0.25) is 5.91 Å². The highest BCUT2D eigenvalue weighted by Crippen LogP contribution is 2.21. The summed E-state index contributed by atoms with van der Waals surface area (Å²) >= 11 is 6.07. The molecule has 0 aromatic heterocycles. The van der Waals surface area contributed by atoms with Crippen LogP contribution in [-0.2, 0) is 4.79 Å². The maximum Gasteiger partial charge on any atom is 0.221 e. The molecule has 1 amide bonds. The van der Waals surface area contributed by atoms with Gasteiger partial charge in [0.05, 0.1) is 6.04 Å². The van der Waals surface area contributed by atoms with Crippen molar-refractivity contribution in [3.63, 3.8) is 0 Å². The molecule has 0 radical (unpaired) electrons. The molecule has 0 aliphatic heterocycles. The summed E-state index contributed by atoms with van der Waals surface area (Å²) in [5.41, 5.74) is 0.950. The third-order valence-corrected chi connectivity index (χ3v) is 2.87. The number of halogens is 1. The standard InChI is InChI=1S/C13H19ClN2O/c1-3-15-9-8-13(17)16-10(2)11-6-4-5-7-12(11)14/h4-7,10,15H,3,8-9H2,1-2H3,(H,16,17)/t10-/m1/s1. The van der Waals surface area contributed by atoms with Crippen molar-refractivity contribution in [2.45, 2.75) is 26.3 Å². The van der Waals surface area contributed by atoms with Crippen LogP contribution in [0.2, 0.25) is 5.02 Å². The fraction of sp³-hybridized carbons (Fsp3) is 0.462. The Labute approximate surface area is 108 Å². The molecule has 0 unspecified atom stereocenters. The Morgan fingerprint density at radius 3 is 2.76 bits per heavy atom. The average molecular weight is 255 g/mol. The van der Waals surface area contributed by atoms with Crippen LogP contribution < -0.4 is 10.6 Å². The molecule has 0 heterocycles. The lowest BCUT2D eigenvalue weighted by Gasteiger charge is -2.15. The van der Waals surface area contributed by atoms with Crippen LogP contribution in [-0.4, -0.2) is 19.0 Å². The fourth-order valence-electron chi connectivity index (χ4n) is 1.60. The van der Waals surface area contributed by atoms with Crippen molar-refractivity contribution in [1.29, 1.82) is 0 Å². The van der Waals surface area contributed by atoms with Gasteiger partial charge >= 0.3 is 0 Å². The highest BCUT2D eigenvalue weighted by atomic mass is 35.5. The van der Waals surface area contributed by atoms with Crippen LogP contribution in [0.25, 0.3) is 0 Å². The largest absolute Gasteiger partial charge is 0.349 e. The molecular weight excluding hydrogens is 236 g/mol. The zero-order chi connectivity index (χ0) is 12.7. The number of hydrogen-bond donors (Lipinski definition) is 2. The van der Waals surface area contributed by atoms with Crippen molar-refractivity contribution < 1.29 is 4.79 Å². The van der Waals surface area contributed by atoms with Crippen LogP contribution in [0.3, 0.4) is 0 Å². The normalized spacial score (nSPS) is 12.2. The summed E-state index contributed by atoms with van der Waals surface area (Å²) in [4.78, 5) is 11.6. The van der Waals surface area contributed by atoms with Gasteiger partial charge < -0.3 is 10.6 Å². The monoisotopic (exact) mass is 254 g/mol. The molecule has 94 valence electrons. The van der Waals surface area contributed by atoms with Crippen molar-refractivity contribution in [2.75, 3.05) is 13.1 Å². The molecule has 17 heavy (non-hydrogen) atoms. The predicted molar refractivity (Wildman–Crippen MR) is 71.2 cm³/mol. The highest BCUT2D eigenvalue weighted by molar-refractivity contribution is 6.31. The van der Waals surface area contributed by atoms with Gasteiger partial charge in [-0.3, -0.25) is 4.79 Å². The van der Waals surface area contributed by atoms with Crippen LogP contribution >= 0.6 is 11.6 Å². The van der Waals surface area contributed by atoms with E-state index >= 15 is 0 Å². The highest BCUT2D eigenvalue weighted by Gasteiger charge is 2.11. The van der Waals surface area contributed by atoms with Gasteiger partial charge in [0.1, 0.15) is 0 Å². The smallest absolute Gasteiger partial charge is 0.221 e. The van der Waals surface area contributed by atoms with E-state index in [2.05, 4.69) is 10.6 Å². The zero-order valence-electron chi connectivity index (χ0n) is 10.3. The van der Waals surface area contributed by atoms with Gasteiger partial charge in [0.15, 0.2) is 0 Å². The van der Waals surface area contributed by atoms with E-state index in [9.17, 15) is 4.79 Å². The Balaban J connectivity index is 2.46. The number of carbonyl (C=O) groups is 1. The quantitative estimate of drug-likeness (QED) is 0.766. The predicted octanol–water partition coefficient (Wildman–Crippen LogP) is 2.52. The lowest BCUT2D eigenvalue weighted by Crippen LogP contribution is -2.29. The molecule has 1 rings (SSSR count). The van der Waals surface area contributed by atoms with Gasteiger partial charge in [-0.1, -0.05) is 36.7 Å². The van der Waals surface area contributed by atoms with Crippen molar-refractivity contribution in [3.8, 4) is 0 Å². The molecule has 0 bridgehead atoms. The summed E-state index contributed by atoms with van der Waals surface area (Å²) in [5.74, 6) is 0.0402. The molecule has 0 saturated heterocycles. The van der Waals surface area contributed by atoms with Crippen LogP contribution in [0.4, 0.5) is 0 Å². The van der Waals surface area contributed by atoms with E-state index in [1.807, 2.05) is 38.1 Å². The van der Waals surface area contributed by atoms with E-state index < -0.39 is 0 Å². The Morgan fingerprint density at radius 2 is 2.12 bits per heavy atom. The van der Waals surface area contributed by atoms with E-state index in [1.54, 1.807) is 0 Å². The van der Waals surface area contributed by atoms with Gasteiger partial charge in [-0.15, -0.1) is 0 Å². The number of hydrogen-bond acceptors (Lipinski definition) is 2. The van der Waals surface area contributed by atoms with E-state index in [0.29, 0.717) is 18.0 Å². The molecule has 0 spiro atoms. The molecule has 1 aromatic rings. The van der Waals surface area contributed by atoms with Crippen LogP contribution in [0.1, 0.15) is 31.9 Å². The second-order valence-corrected chi connectivity index (χ2v) is 4.32. The molecule has 2 N–H and O–H groups in total. The second-order valence-electron chi connectivity index (χ2n) is 3.91. The summed E-state index contributed by atoms with van der Waals surface area (Å²) in [6.45, 7) is 5.54. The van der Waals surface area contributed by atoms with Crippen LogP contribution in [0.15, 0.2) is 24.3 Å². The van der Waals surface area contributed by atoms with Gasteiger partial charge in [-0.2, -0.15) is 0 Å². The minimum atomic E-state index is -0.0576. The second kappa shape index (κ2) is 7.30. The Morgan fingerprint density at radius 1 is 1.41 bits per heavy atom. The fourth-order valence-corrected chi connectivity index (χ4v) is 1.90. The maximum absolute atomic E-state index is 11.6. The van der Waals surface area contributed by atoms with E-state index in [4.69, 9.17) is 11.6 Å². The molecule has 1 atom stereocenters. The van der Waals surface area contributed by atoms with Gasteiger partial charge in [-0.05, 0) is 25.1 Å². The number of rotatable bonds is 6. The summed E-state index contributed by atoms with van der Waals surface area (Å²) in [7, 11) is 0. The SMILES string of the molecule is CCNCCC(=O)N[C@H](C)c1ccccc1Cl. The summed E-state index contributed by atoms with van der Waals surface area (Å²) in [5, 5.41) is 6.74. The van der Waals surface area contributed by atoms with Crippen LogP contribution in [0.5, 0.6) is 0 Å². The van der Waals surface area contributed by atoms with E-state index in [0.717, 1.165) is 12.1 Å². The molecule has 1 aromatic carbocycles. The maximum atomic E-state index is 11.6. The summed E-state index contributed by atoms with van der Waals surface area (Å²) in [6, 6.07) is 7.50. The number of amides is 1. The average Bonchev–Trinajstić information content (AvgIpc) is 2.29. The first-order valence-corrected chi connectivity index (χ1v) is 6.27. The van der Waals surface area contributed by atoms with Crippen molar-refractivity contribution in [1.82, 2.24) is 10.6 Å². The van der Waals surface area contributed by atoms with E-state index in [1.165, 1.54) is 0 Å². The minimum absolute atomic E-state index is 0.0402. The molecule has 0 aliphatic carbocycles. The van der Waals surface area contributed by atoms with Crippen molar-refractivity contribution in [2.24, 2.45) is 0 Å². The number of carbonyl (C=O) groups excluding carboxylic acids is 1. The van der Waals surface area contributed by atoms with Gasteiger partial charge in [0.25, 0.3) is 0 Å². The van der Waals surface area contributed by atoms with E-state index in [-0.39, 0.29) is 11.9 Å². The third kappa shape index (κ3) is 4.75. The minimum Gasteiger partial charge on any atom is -0.349 e. The van der Waals surface area contributed by atoms with Gasteiger partial charge in [-0.25, -0.2) is 0 Å². The first-order valence-electron chi connectivity index (χ1n) is 5.89. The van der Waals surface area contributed by atoms with Crippen LogP contribution in [0, 0.1) is 0 Å². The Bertz CT molecular complexity index is 368. The molecule has 0 fully saturated rings. The molecule has 3 nitrogen and oxygen atoms in total. The number of nitrogens with one attached hydrogen (secondary N) is 2. The summed E-state index contributed by atoms with van der Waals surface area (Å²) in [6.07, 6.45) is 0.489.